The van der Waals surface area contributed by atoms with Gasteiger partial charge < -0.3 is 0 Å². The van der Waals surface area contributed by atoms with E-state index in [0.29, 0.717) is 6.54 Å². The fourth-order valence-corrected chi connectivity index (χ4v) is 2.67. The summed E-state index contributed by atoms with van der Waals surface area (Å²) >= 11 is 1.45. The topological polar surface area (TPSA) is 32.3 Å². The first-order chi connectivity index (χ1) is 5.49. The molecule has 12 heavy (non-hydrogen) atoms. The molecule has 0 spiro atoms. The average molecular weight is 204 g/mol. The lowest BCUT2D eigenvalue weighted by molar-refractivity contribution is -0.123. The Hall–Kier alpha value is -0.00312. The van der Waals surface area contributed by atoms with Gasteiger partial charge >= 0.3 is 0 Å². The van der Waals surface area contributed by atoms with Gasteiger partial charge in [0.05, 0.1) is 6.54 Å². The average Bonchev–Trinajstić information content (AvgIpc) is 2.29. The lowest BCUT2D eigenvalue weighted by atomic mass is 10.6. The number of rotatable bonds is 3. The van der Waals surface area contributed by atoms with E-state index < -0.39 is 8.07 Å². The maximum Gasteiger partial charge on any atom is 0.248 e. The van der Waals surface area contributed by atoms with Gasteiger partial charge in [0.1, 0.15) is 0 Å². The molecule has 0 atom stereocenters. The Morgan fingerprint density at radius 3 is 2.67 bits per heavy atom. The van der Waals surface area contributed by atoms with Crippen molar-refractivity contribution < 1.29 is 4.79 Å². The van der Waals surface area contributed by atoms with Gasteiger partial charge in [0.25, 0.3) is 0 Å². The number of amides is 1. The van der Waals surface area contributed by atoms with Gasteiger partial charge in [0, 0.05) is 26.8 Å². The highest BCUT2D eigenvalue weighted by Gasteiger charge is 2.23. The summed E-state index contributed by atoms with van der Waals surface area (Å²) in [6.07, 6.45) is 0. The van der Waals surface area contributed by atoms with E-state index in [1.807, 2.05) is 4.31 Å². The second-order valence-electron chi connectivity index (χ2n) is 4.22. The molecule has 1 N–H and O–H groups in total. The minimum Gasteiger partial charge on any atom is -0.272 e. The van der Waals surface area contributed by atoms with Crippen LogP contribution in [-0.4, -0.2) is 31.4 Å². The molecule has 0 aromatic carbocycles. The quantitative estimate of drug-likeness (QED) is 0.556. The number of nitrogens with one attached hydrogen (secondary N) is 1. The zero-order valence-electron chi connectivity index (χ0n) is 7.89. The highest BCUT2D eigenvalue weighted by atomic mass is 32.2. The third-order valence-electron chi connectivity index (χ3n) is 1.74. The largest absolute Gasteiger partial charge is 0.272 e. The van der Waals surface area contributed by atoms with Gasteiger partial charge in [-0.05, 0) is 6.04 Å². The predicted octanol–water partition coefficient (Wildman–Crippen LogP) is 1.32. The van der Waals surface area contributed by atoms with E-state index in [0.717, 1.165) is 6.54 Å². The summed E-state index contributed by atoms with van der Waals surface area (Å²) in [6, 6.07) is 1.19. The van der Waals surface area contributed by atoms with E-state index in [1.165, 1.54) is 18.2 Å². The molecular weight excluding hydrogens is 188 g/mol. The summed E-state index contributed by atoms with van der Waals surface area (Å²) in [5, 5.41) is 0. The van der Waals surface area contributed by atoms with Crippen LogP contribution in [-0.2, 0) is 4.79 Å². The van der Waals surface area contributed by atoms with Gasteiger partial charge in [0.2, 0.25) is 5.91 Å². The van der Waals surface area contributed by atoms with E-state index in [9.17, 15) is 4.79 Å². The van der Waals surface area contributed by atoms with E-state index in [2.05, 4.69) is 24.4 Å². The van der Waals surface area contributed by atoms with E-state index in [4.69, 9.17) is 0 Å². The van der Waals surface area contributed by atoms with E-state index in [1.54, 1.807) is 0 Å². The Balaban J connectivity index is 2.27. The van der Waals surface area contributed by atoms with Crippen molar-refractivity contribution in [1.29, 1.82) is 0 Å². The third kappa shape index (κ3) is 3.16. The third-order valence-corrected chi connectivity index (χ3v) is 4.34. The zero-order chi connectivity index (χ0) is 9.19. The van der Waals surface area contributed by atoms with Crippen LogP contribution < -0.4 is 4.72 Å². The summed E-state index contributed by atoms with van der Waals surface area (Å²) < 4.78 is 4.80. The highest BCUT2D eigenvalue weighted by Crippen LogP contribution is 2.16. The Morgan fingerprint density at radius 2 is 2.25 bits per heavy atom. The molecule has 0 bridgehead atoms. The van der Waals surface area contributed by atoms with Crippen molar-refractivity contribution in [3.05, 3.63) is 0 Å². The second kappa shape index (κ2) is 3.80. The monoisotopic (exact) mass is 204 g/mol. The van der Waals surface area contributed by atoms with Crippen molar-refractivity contribution in [2.45, 2.75) is 25.7 Å². The van der Waals surface area contributed by atoms with Crippen LogP contribution in [0.2, 0.25) is 25.7 Å². The van der Waals surface area contributed by atoms with Crippen LogP contribution in [0.4, 0.5) is 0 Å². The fourth-order valence-electron chi connectivity index (χ4n) is 0.918. The van der Waals surface area contributed by atoms with Gasteiger partial charge in [-0.1, -0.05) is 19.6 Å². The van der Waals surface area contributed by atoms with Crippen LogP contribution in [0.1, 0.15) is 0 Å². The maximum absolute atomic E-state index is 11.1. The van der Waals surface area contributed by atoms with Gasteiger partial charge in [-0.2, -0.15) is 0 Å². The highest BCUT2D eigenvalue weighted by molar-refractivity contribution is 7.96. The molecule has 1 amide bonds. The second-order valence-corrected chi connectivity index (χ2v) is 10.8. The summed E-state index contributed by atoms with van der Waals surface area (Å²) in [7, 11) is -0.989. The molecular formula is C7H16N2OSSi. The molecule has 1 fully saturated rings. The Labute approximate surface area is 79.2 Å². The van der Waals surface area contributed by atoms with Crippen LogP contribution in [0.15, 0.2) is 0 Å². The molecule has 0 aromatic rings. The lowest BCUT2D eigenvalue weighted by Gasteiger charge is -2.19. The molecule has 0 unspecified atom stereocenters. The summed E-state index contributed by atoms with van der Waals surface area (Å²) in [5.74, 6) is 0.221. The number of hydrogen-bond donors (Lipinski definition) is 1. The first-order valence-corrected chi connectivity index (χ1v) is 8.67. The molecule has 1 rings (SSSR count). The molecule has 70 valence electrons. The van der Waals surface area contributed by atoms with Crippen molar-refractivity contribution >= 4 is 26.1 Å². The van der Waals surface area contributed by atoms with Crippen LogP contribution in [0.5, 0.6) is 0 Å². The summed E-state index contributed by atoms with van der Waals surface area (Å²) in [6.45, 7) is 8.38. The maximum atomic E-state index is 11.1. The van der Waals surface area contributed by atoms with Crippen LogP contribution in [0, 0.1) is 0 Å². The molecule has 0 aromatic heterocycles. The van der Waals surface area contributed by atoms with Gasteiger partial charge in [-0.25, -0.2) is 4.72 Å². The predicted molar refractivity (Wildman–Crippen MR) is 55.5 cm³/mol. The van der Waals surface area contributed by atoms with Gasteiger partial charge in [0.15, 0.2) is 0 Å². The smallest absolute Gasteiger partial charge is 0.248 e. The van der Waals surface area contributed by atoms with E-state index in [-0.39, 0.29) is 5.91 Å². The molecule has 3 nitrogen and oxygen atoms in total. The van der Waals surface area contributed by atoms with E-state index >= 15 is 0 Å². The van der Waals surface area contributed by atoms with Gasteiger partial charge in [-0.3, -0.25) is 9.10 Å². The number of carbonyl (C=O) groups excluding carboxylic acids is 1. The summed E-state index contributed by atoms with van der Waals surface area (Å²) in [5.41, 5.74) is 0. The molecule has 1 heterocycles. The molecule has 0 radical (unpaired) electrons. The molecule has 0 saturated carbocycles. The normalized spacial score (nSPS) is 18.9. The molecule has 5 heteroatoms. The van der Waals surface area contributed by atoms with Crippen LogP contribution >= 0.6 is 12.1 Å². The van der Waals surface area contributed by atoms with Crippen molar-refractivity contribution in [3.63, 3.8) is 0 Å². The SMILES string of the molecule is C[Si](C)(C)CCN1SNCC1=O. The fraction of sp³-hybridized carbons (Fsp3) is 0.857. The van der Waals surface area contributed by atoms with Crippen LogP contribution in [0.3, 0.4) is 0 Å². The number of carbonyl (C=O) groups is 1. The Kier molecular flexibility index (Phi) is 3.20. The minimum atomic E-state index is -0.989. The lowest BCUT2D eigenvalue weighted by Crippen LogP contribution is -2.29. The molecule has 1 saturated heterocycles. The molecule has 1 aliphatic rings. The van der Waals surface area contributed by atoms with Crippen molar-refractivity contribution in [2.75, 3.05) is 13.1 Å². The van der Waals surface area contributed by atoms with Gasteiger partial charge in [-0.15, -0.1) is 0 Å². The molecule has 1 aliphatic heterocycles. The van der Waals surface area contributed by atoms with Crippen LogP contribution in [0.25, 0.3) is 0 Å². The molecule has 0 aliphatic carbocycles. The van der Waals surface area contributed by atoms with Crippen molar-refractivity contribution in [3.8, 4) is 0 Å². The minimum absolute atomic E-state index is 0.221. The van der Waals surface area contributed by atoms with Crippen molar-refractivity contribution in [2.24, 2.45) is 0 Å². The first kappa shape index (κ1) is 10.1. The first-order valence-electron chi connectivity index (χ1n) is 4.19. The van der Waals surface area contributed by atoms with Crippen molar-refractivity contribution in [1.82, 2.24) is 9.03 Å². The Morgan fingerprint density at radius 1 is 1.58 bits per heavy atom. The summed E-state index contributed by atoms with van der Waals surface area (Å²) in [4.78, 5) is 11.1. The standard InChI is InChI=1S/C7H16N2OSSi/c1-12(2,3)5-4-9-7(10)6-8-11-9/h8H,4-6H2,1-3H3. The Bertz CT molecular complexity index is 181. The zero-order valence-corrected chi connectivity index (χ0v) is 9.70. The number of nitrogens with zero attached hydrogens (tertiary/aromatic N) is 1. The number of hydrogen-bond acceptors (Lipinski definition) is 3.